The maximum absolute atomic E-state index is 13.1. The van der Waals surface area contributed by atoms with Crippen LogP contribution in [0.4, 0.5) is 24.0 Å². The van der Waals surface area contributed by atoms with E-state index in [4.69, 9.17) is 11.6 Å². The second kappa shape index (κ2) is 8.48. The number of thioether (sulfide) groups is 1. The number of amides is 1. The highest BCUT2D eigenvalue weighted by Gasteiger charge is 2.32. The van der Waals surface area contributed by atoms with Crippen molar-refractivity contribution in [1.29, 1.82) is 0 Å². The number of pyridine rings is 1. The number of anilines is 2. The van der Waals surface area contributed by atoms with Gasteiger partial charge in [-0.1, -0.05) is 41.6 Å². The zero-order chi connectivity index (χ0) is 22.2. The molecule has 160 valence electrons. The molecule has 0 aliphatic rings. The van der Waals surface area contributed by atoms with E-state index in [0.717, 1.165) is 12.3 Å². The van der Waals surface area contributed by atoms with E-state index in [-0.39, 0.29) is 21.7 Å². The van der Waals surface area contributed by atoms with E-state index in [1.54, 1.807) is 5.38 Å². The van der Waals surface area contributed by atoms with Crippen molar-refractivity contribution in [2.75, 3.05) is 4.90 Å². The van der Waals surface area contributed by atoms with Crippen LogP contribution in [-0.4, -0.2) is 25.5 Å². The van der Waals surface area contributed by atoms with E-state index >= 15 is 0 Å². The van der Waals surface area contributed by atoms with Crippen LogP contribution in [0, 0.1) is 0 Å². The molecule has 0 aliphatic carbocycles. The Labute approximate surface area is 187 Å². The maximum Gasteiger partial charge on any atom is 0.417 e. The summed E-state index contributed by atoms with van der Waals surface area (Å²) in [4.78, 5) is 18.2. The summed E-state index contributed by atoms with van der Waals surface area (Å²) in [5, 5.41) is 10.2. The Morgan fingerprint density at radius 3 is 2.68 bits per heavy atom. The number of hydrogen-bond acceptors (Lipinski definition) is 6. The van der Waals surface area contributed by atoms with Gasteiger partial charge in [0.25, 0.3) is 0 Å². The van der Waals surface area contributed by atoms with Crippen LogP contribution in [0.1, 0.15) is 18.2 Å². The van der Waals surface area contributed by atoms with Crippen LogP contribution in [0.2, 0.25) is 5.02 Å². The van der Waals surface area contributed by atoms with Crippen LogP contribution in [-0.2, 0) is 16.7 Å². The third kappa shape index (κ3) is 4.53. The molecule has 3 aromatic heterocycles. The van der Waals surface area contributed by atoms with Crippen molar-refractivity contribution in [3.63, 3.8) is 0 Å². The summed E-state index contributed by atoms with van der Waals surface area (Å²) in [6.07, 6.45) is -3.62. The van der Waals surface area contributed by atoms with Gasteiger partial charge in [-0.25, -0.2) is 4.98 Å². The number of para-hydroxylation sites is 1. The standard InChI is InChI=1S/C19H13ClF3N5OS2/c1-11(29)28(14-5-3-2-4-6-14)17-24-13(9-30-17)10-31-18-26-25-16-15(20)7-12(8-27(16)18)19(21,22)23/h2-9H,10H2,1H3. The molecule has 31 heavy (non-hydrogen) atoms. The van der Waals surface area contributed by atoms with Crippen LogP contribution in [0.25, 0.3) is 5.65 Å². The van der Waals surface area contributed by atoms with Crippen LogP contribution in [0.3, 0.4) is 0 Å². The third-order valence-electron chi connectivity index (χ3n) is 4.17. The lowest BCUT2D eigenvalue weighted by atomic mass is 10.3. The largest absolute Gasteiger partial charge is 0.417 e. The molecular weight excluding hydrogens is 471 g/mol. The fourth-order valence-corrected chi connectivity index (χ4v) is 4.84. The van der Waals surface area contributed by atoms with Gasteiger partial charge in [0, 0.05) is 24.3 Å². The highest BCUT2D eigenvalue weighted by molar-refractivity contribution is 7.98. The van der Waals surface area contributed by atoms with Gasteiger partial charge in [0.05, 0.1) is 22.0 Å². The number of carbonyl (C=O) groups excluding carboxylic acids is 1. The molecule has 0 bridgehead atoms. The summed E-state index contributed by atoms with van der Waals surface area (Å²) in [7, 11) is 0. The number of aromatic nitrogens is 4. The van der Waals surface area contributed by atoms with Gasteiger partial charge >= 0.3 is 6.18 Å². The van der Waals surface area contributed by atoms with Gasteiger partial charge in [0.2, 0.25) is 5.91 Å². The van der Waals surface area contributed by atoms with E-state index in [1.807, 2.05) is 30.3 Å². The van der Waals surface area contributed by atoms with Crippen molar-refractivity contribution in [1.82, 2.24) is 19.6 Å². The van der Waals surface area contributed by atoms with E-state index in [0.29, 0.717) is 22.3 Å². The molecule has 0 unspecified atom stereocenters. The first-order valence-corrected chi connectivity index (χ1v) is 11.0. The Balaban J connectivity index is 1.57. The number of halogens is 4. The summed E-state index contributed by atoms with van der Waals surface area (Å²) < 4.78 is 40.5. The minimum Gasteiger partial charge on any atom is -0.276 e. The number of hydrogen-bond donors (Lipinski definition) is 0. The summed E-state index contributed by atoms with van der Waals surface area (Å²) in [6, 6.07) is 9.94. The Morgan fingerprint density at radius 2 is 2.00 bits per heavy atom. The molecule has 0 saturated heterocycles. The quantitative estimate of drug-likeness (QED) is 0.334. The highest BCUT2D eigenvalue weighted by Crippen LogP contribution is 2.34. The topological polar surface area (TPSA) is 63.4 Å². The third-order valence-corrected chi connectivity index (χ3v) is 6.29. The molecule has 12 heteroatoms. The number of benzene rings is 1. The summed E-state index contributed by atoms with van der Waals surface area (Å²) in [5.41, 5.74) is 0.605. The molecule has 0 aliphatic heterocycles. The van der Waals surface area contributed by atoms with Gasteiger partial charge in [0.15, 0.2) is 15.9 Å². The molecule has 3 heterocycles. The van der Waals surface area contributed by atoms with Gasteiger partial charge in [-0.2, -0.15) is 13.2 Å². The maximum atomic E-state index is 13.1. The number of fused-ring (bicyclic) bond motifs is 1. The van der Waals surface area contributed by atoms with E-state index < -0.39 is 11.7 Å². The molecule has 4 rings (SSSR count). The molecule has 0 radical (unpaired) electrons. The molecule has 0 saturated carbocycles. The first-order chi connectivity index (χ1) is 14.7. The van der Waals surface area contributed by atoms with Crippen LogP contribution in [0.5, 0.6) is 0 Å². The molecule has 0 N–H and O–H groups in total. The molecule has 0 atom stereocenters. The lowest BCUT2D eigenvalue weighted by Gasteiger charge is -2.17. The van der Waals surface area contributed by atoms with Crippen LogP contribution >= 0.6 is 34.7 Å². The summed E-state index contributed by atoms with van der Waals surface area (Å²) in [5.74, 6) is 0.142. The fourth-order valence-electron chi connectivity index (χ4n) is 2.79. The number of nitrogens with zero attached hydrogens (tertiary/aromatic N) is 5. The highest BCUT2D eigenvalue weighted by atomic mass is 35.5. The van der Waals surface area contributed by atoms with Gasteiger partial charge in [-0.3, -0.25) is 14.1 Å². The Hall–Kier alpha value is -2.63. The molecular formula is C19H13ClF3N5OS2. The van der Waals surface area contributed by atoms with Crippen LogP contribution in [0.15, 0.2) is 53.1 Å². The normalized spacial score (nSPS) is 11.8. The van der Waals surface area contributed by atoms with E-state index in [2.05, 4.69) is 15.2 Å². The minimum absolute atomic E-state index is 0.134. The van der Waals surface area contributed by atoms with Crippen molar-refractivity contribution < 1.29 is 18.0 Å². The van der Waals surface area contributed by atoms with Gasteiger partial charge in [-0.15, -0.1) is 21.5 Å². The zero-order valence-electron chi connectivity index (χ0n) is 15.8. The van der Waals surface area contributed by atoms with Gasteiger partial charge in [-0.05, 0) is 18.2 Å². The first-order valence-electron chi connectivity index (χ1n) is 8.78. The fraction of sp³-hybridized carbons (Fsp3) is 0.158. The average Bonchev–Trinajstić information content (AvgIpc) is 3.34. The predicted octanol–water partition coefficient (Wildman–Crippen LogP) is 5.83. The SMILES string of the molecule is CC(=O)N(c1ccccc1)c1nc(CSc2nnc3c(Cl)cc(C(F)(F)F)cn23)cs1. The van der Waals surface area contributed by atoms with Crippen molar-refractivity contribution >= 4 is 57.1 Å². The number of thiazole rings is 1. The Bertz CT molecular complexity index is 1240. The summed E-state index contributed by atoms with van der Waals surface area (Å²) >= 11 is 8.41. The lowest BCUT2D eigenvalue weighted by molar-refractivity contribution is -0.137. The van der Waals surface area contributed by atoms with Gasteiger partial charge < -0.3 is 0 Å². The van der Waals surface area contributed by atoms with Crippen molar-refractivity contribution in [2.45, 2.75) is 24.0 Å². The molecule has 6 nitrogen and oxygen atoms in total. The molecule has 0 spiro atoms. The molecule has 0 fully saturated rings. The van der Waals surface area contributed by atoms with Crippen molar-refractivity contribution in [3.8, 4) is 0 Å². The summed E-state index contributed by atoms with van der Waals surface area (Å²) in [6.45, 7) is 1.45. The zero-order valence-corrected chi connectivity index (χ0v) is 18.2. The molecule has 1 amide bonds. The Morgan fingerprint density at radius 1 is 1.26 bits per heavy atom. The number of carbonyl (C=O) groups is 1. The lowest BCUT2D eigenvalue weighted by Crippen LogP contribution is -2.22. The smallest absolute Gasteiger partial charge is 0.276 e. The monoisotopic (exact) mass is 483 g/mol. The van der Waals surface area contributed by atoms with Gasteiger partial charge in [0.1, 0.15) is 0 Å². The van der Waals surface area contributed by atoms with E-state index in [1.165, 1.54) is 39.3 Å². The van der Waals surface area contributed by atoms with Crippen LogP contribution < -0.4 is 4.90 Å². The minimum atomic E-state index is -4.54. The van der Waals surface area contributed by atoms with Crippen molar-refractivity contribution in [3.05, 3.63) is 64.3 Å². The Kier molecular flexibility index (Phi) is 5.91. The molecule has 4 aromatic rings. The second-order valence-corrected chi connectivity index (χ2v) is 8.54. The average molecular weight is 484 g/mol. The predicted molar refractivity (Wildman–Crippen MR) is 114 cm³/mol. The van der Waals surface area contributed by atoms with E-state index in [9.17, 15) is 18.0 Å². The second-order valence-electron chi connectivity index (χ2n) is 6.35. The number of alkyl halides is 3. The molecule has 1 aromatic carbocycles. The first kappa shape index (κ1) is 21.6. The van der Waals surface area contributed by atoms with Crippen molar-refractivity contribution in [2.24, 2.45) is 0 Å². The number of rotatable bonds is 5.